The summed E-state index contributed by atoms with van der Waals surface area (Å²) in [5.74, 6) is 0.581. The lowest BCUT2D eigenvalue weighted by molar-refractivity contribution is -0.142. The van der Waals surface area contributed by atoms with Gasteiger partial charge in [-0.1, -0.05) is 42.8 Å². The van der Waals surface area contributed by atoms with Crippen LogP contribution in [0.2, 0.25) is 5.02 Å². The standard InChI is InChI=1S/C23H29ClN2O4/c1-5-16(2)25-23(28)17(3)26(14-18-9-8-10-19(13-18)29-4)22(27)15-30-21-12-7-6-11-20(21)24/h6-13,16-17H,5,14-15H2,1-4H3,(H,25,28). The average molecular weight is 433 g/mol. The Balaban J connectivity index is 2.19. The molecule has 6 nitrogen and oxygen atoms in total. The van der Waals surface area contributed by atoms with E-state index >= 15 is 0 Å². The van der Waals surface area contributed by atoms with Crippen LogP contribution in [0.3, 0.4) is 0 Å². The Hall–Kier alpha value is -2.73. The maximum absolute atomic E-state index is 13.0. The number of carbonyl (C=O) groups excluding carboxylic acids is 2. The number of carbonyl (C=O) groups is 2. The molecule has 30 heavy (non-hydrogen) atoms. The molecule has 2 rings (SSSR count). The smallest absolute Gasteiger partial charge is 0.261 e. The summed E-state index contributed by atoms with van der Waals surface area (Å²) in [5, 5.41) is 3.36. The Morgan fingerprint density at radius 1 is 1.13 bits per heavy atom. The molecule has 0 aliphatic carbocycles. The van der Waals surface area contributed by atoms with Gasteiger partial charge in [0.25, 0.3) is 5.91 Å². The zero-order valence-corrected chi connectivity index (χ0v) is 18.6. The number of benzene rings is 2. The first-order valence-electron chi connectivity index (χ1n) is 9.95. The van der Waals surface area contributed by atoms with E-state index in [1.807, 2.05) is 38.1 Å². The number of para-hydroxylation sites is 1. The van der Waals surface area contributed by atoms with E-state index in [-0.39, 0.29) is 31.0 Å². The van der Waals surface area contributed by atoms with Gasteiger partial charge in [0.05, 0.1) is 12.1 Å². The fourth-order valence-corrected chi connectivity index (χ4v) is 2.99. The van der Waals surface area contributed by atoms with Gasteiger partial charge in [-0.3, -0.25) is 9.59 Å². The van der Waals surface area contributed by atoms with Gasteiger partial charge in [-0.15, -0.1) is 0 Å². The molecule has 7 heteroatoms. The third kappa shape index (κ3) is 6.66. The summed E-state index contributed by atoms with van der Waals surface area (Å²) in [6.07, 6.45) is 0.803. The van der Waals surface area contributed by atoms with Crippen molar-refractivity contribution in [3.63, 3.8) is 0 Å². The number of hydrogen-bond acceptors (Lipinski definition) is 4. The van der Waals surface area contributed by atoms with Gasteiger partial charge in [-0.05, 0) is 50.1 Å². The molecule has 0 radical (unpaired) electrons. The lowest BCUT2D eigenvalue weighted by atomic mass is 10.1. The maximum Gasteiger partial charge on any atom is 0.261 e. The normalized spacial score (nSPS) is 12.6. The molecule has 2 amide bonds. The summed E-state index contributed by atoms with van der Waals surface area (Å²) < 4.78 is 10.9. The molecule has 0 spiro atoms. The van der Waals surface area contributed by atoms with Gasteiger partial charge in [0.15, 0.2) is 6.61 Å². The number of nitrogens with zero attached hydrogens (tertiary/aromatic N) is 1. The van der Waals surface area contributed by atoms with E-state index in [1.54, 1.807) is 38.3 Å². The van der Waals surface area contributed by atoms with Crippen LogP contribution < -0.4 is 14.8 Å². The van der Waals surface area contributed by atoms with Crippen LogP contribution in [0.4, 0.5) is 0 Å². The number of amides is 2. The minimum atomic E-state index is -0.674. The van der Waals surface area contributed by atoms with Gasteiger partial charge in [0.1, 0.15) is 17.5 Å². The number of nitrogens with one attached hydrogen (secondary N) is 1. The van der Waals surface area contributed by atoms with Crippen molar-refractivity contribution in [1.82, 2.24) is 10.2 Å². The summed E-state index contributed by atoms with van der Waals surface area (Å²) in [7, 11) is 1.59. The molecule has 0 saturated heterocycles. The highest BCUT2D eigenvalue weighted by molar-refractivity contribution is 6.32. The Morgan fingerprint density at radius 2 is 1.87 bits per heavy atom. The van der Waals surface area contributed by atoms with Crippen molar-refractivity contribution >= 4 is 23.4 Å². The lowest BCUT2D eigenvalue weighted by Gasteiger charge is -2.29. The zero-order chi connectivity index (χ0) is 22.1. The molecular formula is C23H29ClN2O4. The van der Waals surface area contributed by atoms with Crippen molar-refractivity contribution in [3.05, 3.63) is 59.1 Å². The Kier molecular flexibility index (Phi) is 8.99. The minimum Gasteiger partial charge on any atom is -0.497 e. The van der Waals surface area contributed by atoms with Crippen molar-refractivity contribution < 1.29 is 19.1 Å². The lowest BCUT2D eigenvalue weighted by Crippen LogP contribution is -2.50. The fourth-order valence-electron chi connectivity index (χ4n) is 2.80. The second-order valence-corrected chi connectivity index (χ2v) is 7.49. The molecular weight excluding hydrogens is 404 g/mol. The van der Waals surface area contributed by atoms with E-state index in [9.17, 15) is 9.59 Å². The van der Waals surface area contributed by atoms with Crippen LogP contribution in [0.5, 0.6) is 11.5 Å². The van der Waals surface area contributed by atoms with E-state index < -0.39 is 6.04 Å². The van der Waals surface area contributed by atoms with Gasteiger partial charge >= 0.3 is 0 Å². The van der Waals surface area contributed by atoms with Crippen molar-refractivity contribution in [2.75, 3.05) is 13.7 Å². The number of hydrogen-bond donors (Lipinski definition) is 1. The molecule has 0 aliphatic heterocycles. The van der Waals surface area contributed by atoms with Gasteiger partial charge in [0.2, 0.25) is 5.91 Å². The molecule has 162 valence electrons. The number of halogens is 1. The van der Waals surface area contributed by atoms with E-state index in [4.69, 9.17) is 21.1 Å². The topological polar surface area (TPSA) is 67.9 Å². The number of ether oxygens (including phenoxy) is 2. The van der Waals surface area contributed by atoms with Crippen molar-refractivity contribution in [3.8, 4) is 11.5 Å². The summed E-state index contributed by atoms with van der Waals surface area (Å²) in [5.41, 5.74) is 0.851. The predicted octanol–water partition coefficient (Wildman–Crippen LogP) is 4.06. The Morgan fingerprint density at radius 3 is 2.53 bits per heavy atom. The van der Waals surface area contributed by atoms with Crippen LogP contribution in [-0.2, 0) is 16.1 Å². The van der Waals surface area contributed by atoms with Crippen LogP contribution in [0.1, 0.15) is 32.8 Å². The van der Waals surface area contributed by atoms with E-state index in [0.29, 0.717) is 16.5 Å². The summed E-state index contributed by atoms with van der Waals surface area (Å²) in [6.45, 7) is 5.66. The molecule has 2 aromatic carbocycles. The average Bonchev–Trinajstić information content (AvgIpc) is 2.76. The highest BCUT2D eigenvalue weighted by atomic mass is 35.5. The van der Waals surface area contributed by atoms with Crippen LogP contribution in [-0.4, -0.2) is 42.5 Å². The summed E-state index contributed by atoms with van der Waals surface area (Å²) in [6, 6.07) is 13.7. The van der Waals surface area contributed by atoms with Gasteiger partial charge in [-0.2, -0.15) is 0 Å². The summed E-state index contributed by atoms with van der Waals surface area (Å²) in [4.78, 5) is 27.2. The molecule has 1 N–H and O–H groups in total. The highest BCUT2D eigenvalue weighted by Crippen LogP contribution is 2.23. The first-order chi connectivity index (χ1) is 14.3. The molecule has 2 atom stereocenters. The molecule has 0 aromatic heterocycles. The van der Waals surface area contributed by atoms with Crippen LogP contribution in [0.25, 0.3) is 0 Å². The van der Waals surface area contributed by atoms with Crippen molar-refractivity contribution in [2.45, 2.75) is 45.8 Å². The van der Waals surface area contributed by atoms with Crippen LogP contribution in [0, 0.1) is 0 Å². The zero-order valence-electron chi connectivity index (χ0n) is 17.9. The van der Waals surface area contributed by atoms with Crippen molar-refractivity contribution in [1.29, 1.82) is 0 Å². The monoisotopic (exact) mass is 432 g/mol. The largest absolute Gasteiger partial charge is 0.497 e. The van der Waals surface area contributed by atoms with E-state index in [0.717, 1.165) is 12.0 Å². The Bertz CT molecular complexity index is 859. The molecule has 0 aliphatic rings. The predicted molar refractivity (Wildman–Crippen MR) is 118 cm³/mol. The molecule has 0 fully saturated rings. The molecule has 2 aromatic rings. The summed E-state index contributed by atoms with van der Waals surface area (Å²) >= 11 is 6.11. The number of methoxy groups -OCH3 is 1. The molecule has 0 bridgehead atoms. The first kappa shape index (κ1) is 23.5. The molecule has 2 unspecified atom stereocenters. The van der Waals surface area contributed by atoms with Crippen LogP contribution >= 0.6 is 11.6 Å². The fraction of sp³-hybridized carbons (Fsp3) is 0.391. The number of rotatable bonds is 10. The van der Waals surface area contributed by atoms with Crippen LogP contribution in [0.15, 0.2) is 48.5 Å². The Labute approximate surface area is 183 Å². The van der Waals surface area contributed by atoms with Gasteiger partial charge in [0, 0.05) is 12.6 Å². The third-order valence-corrected chi connectivity index (χ3v) is 5.16. The molecule has 0 heterocycles. The second-order valence-electron chi connectivity index (χ2n) is 7.09. The van der Waals surface area contributed by atoms with Gasteiger partial charge < -0.3 is 19.7 Å². The minimum absolute atomic E-state index is 0.0214. The quantitative estimate of drug-likeness (QED) is 0.614. The van der Waals surface area contributed by atoms with Crippen molar-refractivity contribution in [2.24, 2.45) is 0 Å². The maximum atomic E-state index is 13.0. The third-order valence-electron chi connectivity index (χ3n) is 4.84. The first-order valence-corrected chi connectivity index (χ1v) is 10.3. The van der Waals surface area contributed by atoms with E-state index in [1.165, 1.54) is 4.90 Å². The second kappa shape index (κ2) is 11.5. The molecule has 0 saturated carbocycles. The highest BCUT2D eigenvalue weighted by Gasteiger charge is 2.27. The SMILES string of the molecule is CCC(C)NC(=O)C(C)N(Cc1cccc(OC)c1)C(=O)COc1ccccc1Cl. The van der Waals surface area contributed by atoms with Gasteiger partial charge in [-0.25, -0.2) is 0 Å². The van der Waals surface area contributed by atoms with E-state index in [2.05, 4.69) is 5.32 Å².